The molecule has 0 radical (unpaired) electrons. The molecule has 0 aromatic carbocycles. The minimum atomic E-state index is -4.41. The molecule has 24 heavy (non-hydrogen) atoms. The third-order valence-electron chi connectivity index (χ3n) is 2.74. The molecule has 2 N–H and O–H groups in total. The van der Waals surface area contributed by atoms with Crippen LogP contribution in [0.1, 0.15) is 37.4 Å². The van der Waals surface area contributed by atoms with E-state index in [1.807, 2.05) is 6.92 Å². The second-order valence-corrected chi connectivity index (χ2v) is 5.65. The van der Waals surface area contributed by atoms with E-state index in [9.17, 15) is 13.2 Å². The molecule has 1 aromatic rings. The lowest BCUT2D eigenvalue weighted by Crippen LogP contribution is -2.39. The molecule has 0 saturated carbocycles. The molecule has 0 aliphatic heterocycles. The van der Waals surface area contributed by atoms with Crippen molar-refractivity contribution in [1.82, 2.24) is 15.6 Å². The summed E-state index contributed by atoms with van der Waals surface area (Å²) in [6.07, 6.45) is -2.29. The standard InChI is InChI=1S/C14H23F3N4OS.HI/c1-3-5-7-22-8-6-19-13(18-4-2)20-9-12-21-11(10-23-12)14(15,16)17;/h10H,3-9H2,1-2H3,(H2,18,19,20);1H. The number of alkyl halides is 3. The third-order valence-corrected chi connectivity index (χ3v) is 3.57. The molecular weight excluding hydrogens is 456 g/mol. The molecule has 10 heteroatoms. The van der Waals surface area contributed by atoms with Crippen LogP contribution >= 0.6 is 35.3 Å². The monoisotopic (exact) mass is 480 g/mol. The fraction of sp³-hybridized carbons (Fsp3) is 0.714. The molecule has 1 aromatic heterocycles. The molecule has 0 spiro atoms. The first-order chi connectivity index (χ1) is 11.0. The Morgan fingerprint density at radius 2 is 2.04 bits per heavy atom. The summed E-state index contributed by atoms with van der Waals surface area (Å²) in [5, 5.41) is 7.44. The van der Waals surface area contributed by atoms with Crippen molar-refractivity contribution in [3.05, 3.63) is 16.1 Å². The number of thiazole rings is 1. The van der Waals surface area contributed by atoms with Crippen molar-refractivity contribution in [3.63, 3.8) is 0 Å². The molecule has 0 unspecified atom stereocenters. The Hall–Kier alpha value is -0.620. The van der Waals surface area contributed by atoms with E-state index in [-0.39, 0.29) is 30.5 Å². The van der Waals surface area contributed by atoms with Crippen LogP contribution in [0.25, 0.3) is 0 Å². The molecular formula is C14H24F3IN4OS. The number of aromatic nitrogens is 1. The minimum absolute atomic E-state index is 0. The van der Waals surface area contributed by atoms with Gasteiger partial charge < -0.3 is 15.4 Å². The van der Waals surface area contributed by atoms with Crippen LogP contribution in [0.4, 0.5) is 13.2 Å². The van der Waals surface area contributed by atoms with Gasteiger partial charge in [0.1, 0.15) is 5.01 Å². The van der Waals surface area contributed by atoms with Gasteiger partial charge in [-0.25, -0.2) is 9.98 Å². The van der Waals surface area contributed by atoms with Crippen LogP contribution in [-0.2, 0) is 17.5 Å². The average molecular weight is 480 g/mol. The van der Waals surface area contributed by atoms with Gasteiger partial charge in [0, 0.05) is 25.1 Å². The third kappa shape index (κ3) is 9.62. The number of guanidine groups is 1. The van der Waals surface area contributed by atoms with Crippen molar-refractivity contribution in [2.45, 2.75) is 39.4 Å². The highest BCUT2D eigenvalue weighted by molar-refractivity contribution is 14.0. The lowest BCUT2D eigenvalue weighted by atomic mass is 10.4. The van der Waals surface area contributed by atoms with E-state index < -0.39 is 11.9 Å². The van der Waals surface area contributed by atoms with Crippen molar-refractivity contribution < 1.29 is 17.9 Å². The molecule has 0 saturated heterocycles. The smallest absolute Gasteiger partial charge is 0.380 e. The number of hydrogen-bond acceptors (Lipinski definition) is 4. The highest BCUT2D eigenvalue weighted by Gasteiger charge is 2.33. The van der Waals surface area contributed by atoms with Gasteiger partial charge in [0.25, 0.3) is 0 Å². The van der Waals surface area contributed by atoms with Crippen molar-refractivity contribution in [2.24, 2.45) is 4.99 Å². The lowest BCUT2D eigenvalue weighted by molar-refractivity contribution is -0.140. The van der Waals surface area contributed by atoms with Crippen molar-refractivity contribution in [3.8, 4) is 0 Å². The maximum Gasteiger partial charge on any atom is 0.434 e. The summed E-state index contributed by atoms with van der Waals surface area (Å²) >= 11 is 0.955. The number of unbranched alkanes of at least 4 members (excludes halogenated alkanes) is 1. The second kappa shape index (κ2) is 12.7. The van der Waals surface area contributed by atoms with Gasteiger partial charge in [-0.3, -0.25) is 0 Å². The van der Waals surface area contributed by atoms with Gasteiger partial charge in [0.05, 0.1) is 13.2 Å². The van der Waals surface area contributed by atoms with Crippen LogP contribution < -0.4 is 10.6 Å². The summed E-state index contributed by atoms with van der Waals surface area (Å²) in [7, 11) is 0. The largest absolute Gasteiger partial charge is 0.434 e. The van der Waals surface area contributed by atoms with Crippen LogP contribution in [-0.4, -0.2) is 37.2 Å². The van der Waals surface area contributed by atoms with Crippen LogP contribution in [0, 0.1) is 0 Å². The number of halogens is 4. The SMILES string of the molecule is CCCCOCCNC(=NCc1nc(C(F)(F)F)cs1)NCC.I. The number of hydrogen-bond donors (Lipinski definition) is 2. The Kier molecular flexibility index (Phi) is 12.4. The number of nitrogens with one attached hydrogen (secondary N) is 2. The second-order valence-electron chi connectivity index (χ2n) is 4.71. The fourth-order valence-corrected chi connectivity index (χ4v) is 2.32. The summed E-state index contributed by atoms with van der Waals surface area (Å²) in [4.78, 5) is 7.78. The quantitative estimate of drug-likeness (QED) is 0.245. The zero-order valence-corrected chi connectivity index (χ0v) is 16.9. The van der Waals surface area contributed by atoms with Gasteiger partial charge >= 0.3 is 6.18 Å². The van der Waals surface area contributed by atoms with Gasteiger partial charge in [-0.15, -0.1) is 35.3 Å². The molecule has 5 nitrogen and oxygen atoms in total. The molecule has 0 aliphatic rings. The van der Waals surface area contributed by atoms with E-state index in [1.54, 1.807) is 0 Å². The Bertz CT molecular complexity index is 483. The van der Waals surface area contributed by atoms with E-state index >= 15 is 0 Å². The van der Waals surface area contributed by atoms with Crippen LogP contribution in [0.5, 0.6) is 0 Å². The Morgan fingerprint density at radius 1 is 1.29 bits per heavy atom. The predicted molar refractivity (Wildman–Crippen MR) is 101 cm³/mol. The Morgan fingerprint density at radius 3 is 2.62 bits per heavy atom. The Labute approximate surface area is 161 Å². The fourth-order valence-electron chi connectivity index (χ4n) is 1.59. The number of rotatable bonds is 9. The van der Waals surface area contributed by atoms with Crippen molar-refractivity contribution in [1.29, 1.82) is 0 Å². The van der Waals surface area contributed by atoms with Gasteiger partial charge in [0.2, 0.25) is 0 Å². The molecule has 1 heterocycles. The maximum absolute atomic E-state index is 12.5. The van der Waals surface area contributed by atoms with Crippen molar-refractivity contribution in [2.75, 3.05) is 26.3 Å². The number of nitrogens with zero attached hydrogens (tertiary/aromatic N) is 2. The van der Waals surface area contributed by atoms with E-state index in [4.69, 9.17) is 4.74 Å². The lowest BCUT2D eigenvalue weighted by Gasteiger charge is -2.11. The normalized spacial score (nSPS) is 12.0. The molecule has 140 valence electrons. The maximum atomic E-state index is 12.5. The highest BCUT2D eigenvalue weighted by Crippen LogP contribution is 2.30. The first-order valence-corrected chi connectivity index (χ1v) is 8.46. The van der Waals surface area contributed by atoms with Crippen LogP contribution in [0.3, 0.4) is 0 Å². The van der Waals surface area contributed by atoms with E-state index in [0.717, 1.165) is 36.2 Å². The van der Waals surface area contributed by atoms with E-state index in [0.29, 0.717) is 30.7 Å². The van der Waals surface area contributed by atoms with E-state index in [2.05, 4.69) is 27.5 Å². The first kappa shape index (κ1) is 23.4. The zero-order valence-electron chi connectivity index (χ0n) is 13.8. The average Bonchev–Trinajstić information content (AvgIpc) is 2.97. The summed E-state index contributed by atoms with van der Waals surface area (Å²) in [5.41, 5.74) is -0.866. The molecule has 0 fully saturated rings. The van der Waals surface area contributed by atoms with Gasteiger partial charge in [-0.2, -0.15) is 13.2 Å². The van der Waals surface area contributed by atoms with Gasteiger partial charge in [-0.1, -0.05) is 13.3 Å². The predicted octanol–water partition coefficient (Wildman–Crippen LogP) is 3.65. The summed E-state index contributed by atoms with van der Waals surface area (Å²) in [6, 6.07) is 0. The van der Waals surface area contributed by atoms with Gasteiger partial charge in [-0.05, 0) is 13.3 Å². The van der Waals surface area contributed by atoms with Crippen molar-refractivity contribution >= 4 is 41.3 Å². The molecule has 0 aliphatic carbocycles. The van der Waals surface area contributed by atoms with Crippen LogP contribution in [0.2, 0.25) is 0 Å². The molecule has 0 amide bonds. The van der Waals surface area contributed by atoms with Gasteiger partial charge in [0.15, 0.2) is 11.7 Å². The highest BCUT2D eigenvalue weighted by atomic mass is 127. The van der Waals surface area contributed by atoms with Crippen LogP contribution in [0.15, 0.2) is 10.4 Å². The minimum Gasteiger partial charge on any atom is -0.380 e. The van der Waals surface area contributed by atoms with E-state index in [1.165, 1.54) is 0 Å². The Balaban J connectivity index is 0.00000529. The summed E-state index contributed by atoms with van der Waals surface area (Å²) in [6.45, 7) is 6.65. The number of ether oxygens (including phenoxy) is 1. The zero-order chi connectivity index (χ0) is 17.1. The summed E-state index contributed by atoms with van der Waals surface area (Å²) < 4.78 is 42.9. The topological polar surface area (TPSA) is 58.5 Å². The number of aliphatic imine (C=N–C) groups is 1. The summed E-state index contributed by atoms with van der Waals surface area (Å²) in [5.74, 6) is 0.537. The molecule has 0 atom stereocenters. The first-order valence-electron chi connectivity index (χ1n) is 7.58. The molecule has 0 bridgehead atoms. The molecule has 1 rings (SSSR count).